The summed E-state index contributed by atoms with van der Waals surface area (Å²) in [7, 11) is 4.03. The lowest BCUT2D eigenvalue weighted by Gasteiger charge is -2.20. The van der Waals surface area contributed by atoms with Gasteiger partial charge in [0.2, 0.25) is 0 Å². The zero-order chi connectivity index (χ0) is 9.35. The summed E-state index contributed by atoms with van der Waals surface area (Å²) < 4.78 is 0. The van der Waals surface area contributed by atoms with E-state index in [1.54, 1.807) is 6.92 Å². The van der Waals surface area contributed by atoms with E-state index in [9.17, 15) is 10.2 Å². The van der Waals surface area contributed by atoms with E-state index >= 15 is 0 Å². The molecular formula is C9H19NO2. The molecule has 0 spiro atoms. The zero-order valence-electron chi connectivity index (χ0n) is 8.12. The molecule has 0 aromatic rings. The SMILES string of the molecule is CN(C)C[C@@H]1C[C@@H](O)[C@@](C)(O)C1. The molecule has 72 valence electrons. The van der Waals surface area contributed by atoms with Crippen molar-refractivity contribution < 1.29 is 10.2 Å². The minimum atomic E-state index is -0.860. The van der Waals surface area contributed by atoms with Crippen LogP contribution in [-0.2, 0) is 0 Å². The first-order valence-corrected chi connectivity index (χ1v) is 4.47. The van der Waals surface area contributed by atoms with Gasteiger partial charge in [-0.15, -0.1) is 0 Å². The van der Waals surface area contributed by atoms with Gasteiger partial charge in [0.25, 0.3) is 0 Å². The third-order valence-electron chi connectivity index (χ3n) is 2.60. The third-order valence-corrected chi connectivity index (χ3v) is 2.60. The summed E-state index contributed by atoms with van der Waals surface area (Å²) in [5.41, 5.74) is -0.860. The standard InChI is InChI=1S/C9H19NO2/c1-9(12)5-7(4-8(9)11)6-10(2)3/h7-8,11-12H,4-6H2,1-3H3/t7-,8-,9+/m1/s1. The molecule has 12 heavy (non-hydrogen) atoms. The van der Waals surface area contributed by atoms with Crippen LogP contribution < -0.4 is 0 Å². The zero-order valence-corrected chi connectivity index (χ0v) is 8.12. The molecule has 1 rings (SSSR count). The van der Waals surface area contributed by atoms with E-state index < -0.39 is 11.7 Å². The molecule has 1 aliphatic carbocycles. The van der Waals surface area contributed by atoms with Crippen molar-refractivity contribution in [3.05, 3.63) is 0 Å². The average molecular weight is 173 g/mol. The predicted molar refractivity (Wildman–Crippen MR) is 47.9 cm³/mol. The normalized spacial score (nSPS) is 42.5. The van der Waals surface area contributed by atoms with E-state index in [4.69, 9.17) is 0 Å². The van der Waals surface area contributed by atoms with E-state index in [2.05, 4.69) is 4.90 Å². The van der Waals surface area contributed by atoms with Gasteiger partial charge in [0.1, 0.15) is 0 Å². The summed E-state index contributed by atoms with van der Waals surface area (Å²) in [6.07, 6.45) is 0.903. The topological polar surface area (TPSA) is 43.7 Å². The van der Waals surface area contributed by atoms with E-state index in [0.29, 0.717) is 12.3 Å². The first-order valence-electron chi connectivity index (χ1n) is 4.47. The van der Waals surface area contributed by atoms with Crippen LogP contribution in [-0.4, -0.2) is 47.5 Å². The van der Waals surface area contributed by atoms with Crippen molar-refractivity contribution in [1.82, 2.24) is 4.90 Å². The van der Waals surface area contributed by atoms with Crippen LogP contribution in [0.1, 0.15) is 19.8 Å². The number of aliphatic hydroxyl groups is 2. The first kappa shape index (κ1) is 9.96. The van der Waals surface area contributed by atoms with Crippen LogP contribution in [0, 0.1) is 5.92 Å². The fourth-order valence-electron chi connectivity index (χ4n) is 2.03. The molecule has 3 nitrogen and oxygen atoms in total. The molecule has 0 heterocycles. The molecule has 3 heteroatoms. The second kappa shape index (κ2) is 3.32. The number of hydrogen-bond donors (Lipinski definition) is 2. The molecule has 0 aliphatic heterocycles. The highest BCUT2D eigenvalue weighted by molar-refractivity contribution is 4.93. The third kappa shape index (κ3) is 2.19. The van der Waals surface area contributed by atoms with Crippen LogP contribution in [0.3, 0.4) is 0 Å². The van der Waals surface area contributed by atoms with Gasteiger partial charge < -0.3 is 15.1 Å². The molecule has 0 radical (unpaired) electrons. The Morgan fingerprint density at radius 1 is 1.50 bits per heavy atom. The number of aliphatic hydroxyl groups excluding tert-OH is 1. The van der Waals surface area contributed by atoms with Crippen molar-refractivity contribution in [2.24, 2.45) is 5.92 Å². The number of hydrogen-bond acceptors (Lipinski definition) is 3. The van der Waals surface area contributed by atoms with Gasteiger partial charge in [-0.25, -0.2) is 0 Å². The minimum absolute atomic E-state index is 0.435. The molecule has 0 aromatic carbocycles. The van der Waals surface area contributed by atoms with Gasteiger partial charge in [-0.05, 0) is 39.8 Å². The molecule has 3 atom stereocenters. The van der Waals surface area contributed by atoms with E-state index in [1.807, 2.05) is 14.1 Å². The van der Waals surface area contributed by atoms with E-state index in [0.717, 1.165) is 13.0 Å². The van der Waals surface area contributed by atoms with Crippen LogP contribution >= 0.6 is 0 Å². The van der Waals surface area contributed by atoms with Gasteiger partial charge in [-0.3, -0.25) is 0 Å². The van der Waals surface area contributed by atoms with Gasteiger partial charge in [-0.1, -0.05) is 0 Å². The summed E-state index contributed by atoms with van der Waals surface area (Å²) in [4.78, 5) is 2.10. The van der Waals surface area contributed by atoms with E-state index in [-0.39, 0.29) is 0 Å². The fraction of sp³-hybridized carbons (Fsp3) is 1.00. The molecule has 1 saturated carbocycles. The molecule has 0 aromatic heterocycles. The smallest absolute Gasteiger partial charge is 0.0880 e. The Labute approximate surface area is 74.0 Å². The van der Waals surface area contributed by atoms with Crippen LogP contribution in [0.5, 0.6) is 0 Å². The molecule has 0 saturated heterocycles. The first-order chi connectivity index (χ1) is 5.42. The highest BCUT2D eigenvalue weighted by Gasteiger charge is 2.41. The molecule has 2 N–H and O–H groups in total. The Morgan fingerprint density at radius 2 is 2.08 bits per heavy atom. The lowest BCUT2D eigenvalue weighted by molar-refractivity contribution is -0.0386. The maximum absolute atomic E-state index is 9.68. The Balaban J connectivity index is 2.44. The van der Waals surface area contributed by atoms with Crippen LogP contribution in [0.2, 0.25) is 0 Å². The van der Waals surface area contributed by atoms with E-state index in [1.165, 1.54) is 0 Å². The summed E-state index contributed by atoms with van der Waals surface area (Å²) >= 11 is 0. The number of rotatable bonds is 2. The van der Waals surface area contributed by atoms with Crippen LogP contribution in [0.15, 0.2) is 0 Å². The van der Waals surface area contributed by atoms with Crippen molar-refractivity contribution in [3.8, 4) is 0 Å². The Morgan fingerprint density at radius 3 is 2.42 bits per heavy atom. The van der Waals surface area contributed by atoms with Gasteiger partial charge in [0.05, 0.1) is 11.7 Å². The summed E-state index contributed by atoms with van der Waals surface area (Å²) in [6.45, 7) is 2.67. The Bertz CT molecular complexity index is 157. The summed E-state index contributed by atoms with van der Waals surface area (Å²) in [5, 5.41) is 19.1. The molecule has 1 fully saturated rings. The minimum Gasteiger partial charge on any atom is -0.390 e. The monoisotopic (exact) mass is 173 g/mol. The fourth-order valence-corrected chi connectivity index (χ4v) is 2.03. The lowest BCUT2D eigenvalue weighted by Crippen LogP contribution is -2.33. The summed E-state index contributed by atoms with van der Waals surface area (Å²) in [5.74, 6) is 0.435. The lowest BCUT2D eigenvalue weighted by atomic mass is 10.0. The molecule has 1 aliphatic rings. The number of nitrogens with zero attached hydrogens (tertiary/aromatic N) is 1. The average Bonchev–Trinajstić information content (AvgIpc) is 2.04. The maximum Gasteiger partial charge on any atom is 0.0880 e. The predicted octanol–water partition coefficient (Wildman–Crippen LogP) is 0.0699. The highest BCUT2D eigenvalue weighted by Crippen LogP contribution is 2.34. The quantitative estimate of drug-likeness (QED) is 0.621. The largest absolute Gasteiger partial charge is 0.390 e. The van der Waals surface area contributed by atoms with Gasteiger partial charge in [-0.2, -0.15) is 0 Å². The van der Waals surface area contributed by atoms with Crippen molar-refractivity contribution in [3.63, 3.8) is 0 Å². The van der Waals surface area contributed by atoms with Crippen molar-refractivity contribution in [1.29, 1.82) is 0 Å². The van der Waals surface area contributed by atoms with Gasteiger partial charge >= 0.3 is 0 Å². The summed E-state index contributed by atoms with van der Waals surface area (Å²) in [6, 6.07) is 0. The van der Waals surface area contributed by atoms with Gasteiger partial charge in [0.15, 0.2) is 0 Å². The van der Waals surface area contributed by atoms with Crippen molar-refractivity contribution in [2.75, 3.05) is 20.6 Å². The van der Waals surface area contributed by atoms with Crippen molar-refractivity contribution >= 4 is 0 Å². The maximum atomic E-state index is 9.68. The van der Waals surface area contributed by atoms with Crippen molar-refractivity contribution in [2.45, 2.75) is 31.5 Å². The van der Waals surface area contributed by atoms with Gasteiger partial charge in [0, 0.05) is 6.54 Å². The van der Waals surface area contributed by atoms with Crippen LogP contribution in [0.4, 0.5) is 0 Å². The molecule has 0 bridgehead atoms. The highest BCUT2D eigenvalue weighted by atomic mass is 16.3. The Kier molecular flexibility index (Phi) is 2.76. The molecule has 0 amide bonds. The van der Waals surface area contributed by atoms with Crippen LogP contribution in [0.25, 0.3) is 0 Å². The molecule has 0 unspecified atom stereocenters. The second-order valence-corrected chi connectivity index (χ2v) is 4.44. The Hall–Kier alpha value is -0.120. The molecular weight excluding hydrogens is 154 g/mol. The second-order valence-electron chi connectivity index (χ2n) is 4.44.